The highest BCUT2D eigenvalue weighted by atomic mass is 16.5. The molecule has 0 atom stereocenters. The molecule has 0 aliphatic heterocycles. The van der Waals surface area contributed by atoms with Crippen molar-refractivity contribution in [1.29, 1.82) is 5.26 Å². The van der Waals surface area contributed by atoms with Gasteiger partial charge in [-0.1, -0.05) is 12.1 Å². The Labute approximate surface area is 151 Å². The highest BCUT2D eigenvalue weighted by molar-refractivity contribution is 5.81. The number of hydrogen-bond donors (Lipinski definition) is 2. The molecule has 0 amide bonds. The van der Waals surface area contributed by atoms with E-state index in [2.05, 4.69) is 11.1 Å². The van der Waals surface area contributed by atoms with Gasteiger partial charge in [0, 0.05) is 11.1 Å². The van der Waals surface area contributed by atoms with E-state index in [-0.39, 0.29) is 19.0 Å². The normalized spacial score (nSPS) is 10.5. The van der Waals surface area contributed by atoms with Crippen LogP contribution in [0.1, 0.15) is 17.1 Å². The summed E-state index contributed by atoms with van der Waals surface area (Å²) in [7, 11) is 0. The van der Waals surface area contributed by atoms with Gasteiger partial charge in [0.25, 0.3) is 0 Å². The van der Waals surface area contributed by atoms with E-state index in [0.29, 0.717) is 22.6 Å². The van der Waals surface area contributed by atoms with Crippen LogP contribution in [0.3, 0.4) is 0 Å². The average Bonchev–Trinajstić information content (AvgIpc) is 2.97. The van der Waals surface area contributed by atoms with Crippen molar-refractivity contribution in [2.75, 3.05) is 18.9 Å². The first kappa shape index (κ1) is 17.5. The van der Waals surface area contributed by atoms with Crippen molar-refractivity contribution < 1.29 is 14.3 Å². The largest absolute Gasteiger partial charge is 0.491 e. The molecule has 0 fully saturated rings. The molecular weight excluding hydrogens is 330 g/mol. The van der Waals surface area contributed by atoms with Crippen molar-refractivity contribution in [2.45, 2.75) is 13.8 Å². The summed E-state index contributed by atoms with van der Waals surface area (Å²) in [5, 5.41) is 18.5. The zero-order valence-corrected chi connectivity index (χ0v) is 14.6. The van der Waals surface area contributed by atoms with Crippen molar-refractivity contribution >= 4 is 5.82 Å². The van der Waals surface area contributed by atoms with Crippen LogP contribution in [-0.4, -0.2) is 23.3 Å². The molecule has 3 rings (SSSR count). The number of nitrogens with zero attached hydrogens (tertiary/aromatic N) is 2. The number of nitrogen functional groups attached to an aromatic ring is 1. The number of aliphatic hydroxyl groups is 1. The number of furan rings is 1. The van der Waals surface area contributed by atoms with Crippen LogP contribution >= 0.6 is 0 Å². The van der Waals surface area contributed by atoms with Gasteiger partial charge in [0.15, 0.2) is 0 Å². The van der Waals surface area contributed by atoms with Crippen LogP contribution in [-0.2, 0) is 0 Å². The molecule has 132 valence electrons. The molecule has 0 aliphatic rings. The van der Waals surface area contributed by atoms with E-state index in [4.69, 9.17) is 20.0 Å². The third kappa shape index (κ3) is 3.39. The lowest BCUT2D eigenvalue weighted by Gasteiger charge is -2.11. The summed E-state index contributed by atoms with van der Waals surface area (Å²) in [6, 6.07) is 13.2. The quantitative estimate of drug-likeness (QED) is 0.731. The smallest absolute Gasteiger partial charge is 0.142 e. The van der Waals surface area contributed by atoms with Crippen molar-refractivity contribution in [3.8, 4) is 34.2 Å². The molecule has 0 saturated heterocycles. The van der Waals surface area contributed by atoms with Crippen molar-refractivity contribution in [1.82, 2.24) is 4.98 Å². The number of pyridine rings is 1. The Morgan fingerprint density at radius 1 is 1.23 bits per heavy atom. The number of aryl methyl sites for hydroxylation is 2. The Morgan fingerprint density at radius 2 is 2.04 bits per heavy atom. The van der Waals surface area contributed by atoms with E-state index in [0.717, 1.165) is 22.6 Å². The van der Waals surface area contributed by atoms with Gasteiger partial charge in [0.2, 0.25) is 0 Å². The third-order valence-electron chi connectivity index (χ3n) is 3.98. The second-order valence-electron chi connectivity index (χ2n) is 5.85. The summed E-state index contributed by atoms with van der Waals surface area (Å²) in [4.78, 5) is 4.38. The first-order valence-electron chi connectivity index (χ1n) is 8.15. The predicted octanol–water partition coefficient (Wildman–Crippen LogP) is 3.45. The molecule has 0 saturated carbocycles. The number of ether oxygens (including phenoxy) is 1. The van der Waals surface area contributed by atoms with Crippen LogP contribution in [0.4, 0.5) is 5.82 Å². The van der Waals surface area contributed by atoms with Gasteiger partial charge in [-0.15, -0.1) is 0 Å². The fraction of sp³-hybridized carbons (Fsp3) is 0.200. The summed E-state index contributed by atoms with van der Waals surface area (Å²) in [6.45, 7) is 3.86. The summed E-state index contributed by atoms with van der Waals surface area (Å²) in [6.07, 6.45) is 0. The molecule has 6 nitrogen and oxygen atoms in total. The maximum absolute atomic E-state index is 9.54. The molecular formula is C20H19N3O3. The molecule has 0 aliphatic carbocycles. The fourth-order valence-corrected chi connectivity index (χ4v) is 2.85. The number of nitriles is 1. The second kappa shape index (κ2) is 7.30. The maximum atomic E-state index is 9.54. The Bertz CT molecular complexity index is 986. The third-order valence-corrected chi connectivity index (χ3v) is 3.98. The zero-order valence-electron chi connectivity index (χ0n) is 14.6. The molecule has 2 aromatic heterocycles. The number of aromatic nitrogens is 1. The molecule has 2 heterocycles. The number of anilines is 1. The molecule has 0 radical (unpaired) electrons. The van der Waals surface area contributed by atoms with Crippen LogP contribution in [0.2, 0.25) is 0 Å². The second-order valence-corrected chi connectivity index (χ2v) is 5.85. The van der Waals surface area contributed by atoms with Gasteiger partial charge in [-0.3, -0.25) is 0 Å². The highest BCUT2D eigenvalue weighted by Gasteiger charge is 2.16. The van der Waals surface area contributed by atoms with Crippen LogP contribution < -0.4 is 10.5 Å². The minimum absolute atomic E-state index is 0.0703. The number of benzene rings is 1. The van der Waals surface area contributed by atoms with E-state index in [1.165, 1.54) is 0 Å². The first-order valence-corrected chi connectivity index (χ1v) is 8.15. The molecule has 0 spiro atoms. The van der Waals surface area contributed by atoms with Gasteiger partial charge in [0.1, 0.15) is 41.3 Å². The van der Waals surface area contributed by atoms with E-state index in [1.807, 2.05) is 44.2 Å². The first-order chi connectivity index (χ1) is 12.5. The van der Waals surface area contributed by atoms with Crippen LogP contribution in [0.5, 0.6) is 5.75 Å². The molecule has 1 aromatic carbocycles. The summed E-state index contributed by atoms with van der Waals surface area (Å²) >= 11 is 0. The lowest BCUT2D eigenvalue weighted by molar-refractivity contribution is 0.201. The maximum Gasteiger partial charge on any atom is 0.142 e. The van der Waals surface area contributed by atoms with Crippen molar-refractivity contribution in [3.05, 3.63) is 53.5 Å². The fourth-order valence-electron chi connectivity index (χ4n) is 2.85. The molecule has 0 unspecified atom stereocenters. The Kier molecular flexibility index (Phi) is 4.92. The zero-order chi connectivity index (χ0) is 18.7. The monoisotopic (exact) mass is 349 g/mol. The summed E-state index contributed by atoms with van der Waals surface area (Å²) in [5.41, 5.74) is 9.30. The molecule has 0 bridgehead atoms. The number of rotatable bonds is 5. The van der Waals surface area contributed by atoms with Gasteiger partial charge in [-0.2, -0.15) is 5.26 Å². The van der Waals surface area contributed by atoms with Crippen LogP contribution in [0, 0.1) is 25.2 Å². The van der Waals surface area contributed by atoms with Gasteiger partial charge in [-0.25, -0.2) is 4.98 Å². The van der Waals surface area contributed by atoms with Gasteiger partial charge >= 0.3 is 0 Å². The van der Waals surface area contributed by atoms with E-state index < -0.39 is 0 Å². The predicted molar refractivity (Wildman–Crippen MR) is 98.6 cm³/mol. The topological polar surface area (TPSA) is 105 Å². The lowest BCUT2D eigenvalue weighted by atomic mass is 9.98. The number of hydrogen-bond acceptors (Lipinski definition) is 6. The standard InChI is InChI=1S/C20H19N3O3/c1-12-8-16(13(2)26-12)19-10-17(18(11-21)20(22)23-19)14-4-3-5-15(9-14)25-7-6-24/h3-5,8-10,24H,6-7H2,1-2H3,(H2,22,23). The van der Waals surface area contributed by atoms with E-state index in [9.17, 15) is 5.26 Å². The molecule has 3 N–H and O–H groups in total. The van der Waals surface area contributed by atoms with Crippen molar-refractivity contribution in [3.63, 3.8) is 0 Å². The van der Waals surface area contributed by atoms with E-state index in [1.54, 1.807) is 6.07 Å². The van der Waals surface area contributed by atoms with Crippen molar-refractivity contribution in [2.24, 2.45) is 0 Å². The van der Waals surface area contributed by atoms with E-state index >= 15 is 0 Å². The number of nitrogens with two attached hydrogens (primary N) is 1. The minimum atomic E-state index is -0.0703. The van der Waals surface area contributed by atoms with Gasteiger partial charge in [-0.05, 0) is 43.7 Å². The molecule has 6 heteroatoms. The van der Waals surface area contributed by atoms with Gasteiger partial charge in [0.05, 0.1) is 12.3 Å². The summed E-state index contributed by atoms with van der Waals surface area (Å²) < 4.78 is 11.0. The highest BCUT2D eigenvalue weighted by Crippen LogP contribution is 2.34. The minimum Gasteiger partial charge on any atom is -0.491 e. The lowest BCUT2D eigenvalue weighted by Crippen LogP contribution is -2.02. The van der Waals surface area contributed by atoms with Crippen LogP contribution in [0.25, 0.3) is 22.4 Å². The molecule has 3 aromatic rings. The Hall–Kier alpha value is -3.30. The number of aliphatic hydroxyl groups excluding tert-OH is 1. The molecule has 26 heavy (non-hydrogen) atoms. The average molecular weight is 349 g/mol. The van der Waals surface area contributed by atoms with Gasteiger partial charge < -0.3 is 20.0 Å². The Balaban J connectivity index is 2.14. The summed E-state index contributed by atoms with van der Waals surface area (Å²) in [5.74, 6) is 2.29. The Morgan fingerprint density at radius 3 is 2.69 bits per heavy atom. The van der Waals surface area contributed by atoms with Crippen LogP contribution in [0.15, 0.2) is 40.8 Å². The SMILES string of the molecule is Cc1cc(-c2cc(-c3cccc(OCCO)c3)c(C#N)c(N)n2)c(C)o1.